The molecule has 0 radical (unpaired) electrons. The summed E-state index contributed by atoms with van der Waals surface area (Å²) >= 11 is 7.26. The Hall–Kier alpha value is -2.12. The maximum absolute atomic E-state index is 12.0. The van der Waals surface area contributed by atoms with Gasteiger partial charge in [0, 0.05) is 11.1 Å². The number of esters is 1. The second-order valence-electron chi connectivity index (χ2n) is 5.07. The highest BCUT2D eigenvalue weighted by atomic mass is 35.5. The lowest BCUT2D eigenvalue weighted by atomic mass is 10.2. The molecule has 0 saturated carbocycles. The van der Waals surface area contributed by atoms with Gasteiger partial charge in [0.1, 0.15) is 10.6 Å². The molecule has 1 aromatic carbocycles. The Morgan fingerprint density at radius 3 is 2.58 bits per heavy atom. The van der Waals surface area contributed by atoms with Gasteiger partial charge in [-0.1, -0.05) is 11.6 Å². The third-order valence-corrected chi connectivity index (χ3v) is 4.64. The number of benzene rings is 1. The molecule has 0 unspecified atom stereocenters. The van der Waals surface area contributed by atoms with E-state index in [0.29, 0.717) is 27.0 Å². The maximum Gasteiger partial charge on any atom is 0.350 e. The van der Waals surface area contributed by atoms with Gasteiger partial charge in [-0.15, -0.1) is 11.3 Å². The minimum Gasteiger partial charge on any atom is -0.495 e. The van der Waals surface area contributed by atoms with E-state index in [-0.39, 0.29) is 0 Å². The highest BCUT2D eigenvalue weighted by molar-refractivity contribution is 7.13. The first-order valence-electron chi connectivity index (χ1n) is 7.07. The molecular weight excluding hydrogens is 352 g/mol. The number of hydrogen-bond acceptors (Lipinski definition) is 6. The normalized spacial score (nSPS) is 10.4. The summed E-state index contributed by atoms with van der Waals surface area (Å²) in [5.74, 6) is -0.603. The molecular formula is C16H17ClN2O4S. The van der Waals surface area contributed by atoms with Crippen molar-refractivity contribution < 1.29 is 19.1 Å². The highest BCUT2D eigenvalue weighted by Crippen LogP contribution is 2.30. The largest absolute Gasteiger partial charge is 0.495 e. The number of halogens is 1. The average molecular weight is 369 g/mol. The Labute approximate surface area is 148 Å². The summed E-state index contributed by atoms with van der Waals surface area (Å²) in [7, 11) is 1.48. The molecule has 1 amide bonds. The van der Waals surface area contributed by atoms with Crippen molar-refractivity contribution in [3.63, 3.8) is 0 Å². The minimum atomic E-state index is -0.562. The average Bonchev–Trinajstić information content (AvgIpc) is 2.87. The zero-order valence-corrected chi connectivity index (χ0v) is 15.3. The zero-order chi connectivity index (χ0) is 17.9. The van der Waals surface area contributed by atoms with Crippen LogP contribution in [0.5, 0.6) is 5.75 Å². The van der Waals surface area contributed by atoms with Crippen LogP contribution in [0.4, 0.5) is 5.69 Å². The molecule has 0 aliphatic carbocycles. The summed E-state index contributed by atoms with van der Waals surface area (Å²) in [5, 5.41) is 3.95. The summed E-state index contributed by atoms with van der Waals surface area (Å²) < 4.78 is 10.2. The Balaban J connectivity index is 2.00. The van der Waals surface area contributed by atoms with Crippen LogP contribution < -0.4 is 10.1 Å². The lowest BCUT2D eigenvalue weighted by molar-refractivity contribution is -0.119. The second kappa shape index (κ2) is 7.63. The molecule has 0 fully saturated rings. The van der Waals surface area contributed by atoms with Gasteiger partial charge < -0.3 is 14.8 Å². The molecule has 0 aliphatic heterocycles. The van der Waals surface area contributed by atoms with Crippen LogP contribution >= 0.6 is 22.9 Å². The van der Waals surface area contributed by atoms with Crippen molar-refractivity contribution in [2.45, 2.75) is 20.8 Å². The number of carbonyl (C=O) groups is 2. The number of anilines is 1. The SMILES string of the molecule is COc1cc(Cl)c(C)cc1NC(=O)COC(=O)c1sc(C)nc1C. The number of rotatable bonds is 5. The summed E-state index contributed by atoms with van der Waals surface area (Å²) in [6.45, 7) is 4.93. The molecule has 6 nitrogen and oxygen atoms in total. The molecule has 0 bridgehead atoms. The van der Waals surface area contributed by atoms with E-state index in [1.165, 1.54) is 18.4 Å². The summed E-state index contributed by atoms with van der Waals surface area (Å²) in [4.78, 5) is 28.6. The van der Waals surface area contributed by atoms with Crippen LogP contribution in [-0.4, -0.2) is 30.6 Å². The molecule has 1 aromatic heterocycles. The molecule has 1 N–H and O–H groups in total. The fraction of sp³-hybridized carbons (Fsp3) is 0.312. The Bertz CT molecular complexity index is 789. The molecule has 128 valence electrons. The number of aryl methyl sites for hydroxylation is 3. The standard InChI is InChI=1S/C16H17ClN2O4S/c1-8-5-12(13(22-4)6-11(8)17)19-14(20)7-23-16(21)15-9(2)18-10(3)24-15/h5-6H,7H2,1-4H3,(H,19,20). The minimum absolute atomic E-state index is 0.403. The van der Waals surface area contributed by atoms with E-state index in [1.807, 2.05) is 6.92 Å². The van der Waals surface area contributed by atoms with Crippen molar-refractivity contribution >= 4 is 40.5 Å². The number of methoxy groups -OCH3 is 1. The van der Waals surface area contributed by atoms with E-state index in [1.54, 1.807) is 26.0 Å². The van der Waals surface area contributed by atoms with Gasteiger partial charge in [0.2, 0.25) is 0 Å². The molecule has 24 heavy (non-hydrogen) atoms. The number of nitrogens with zero attached hydrogens (tertiary/aromatic N) is 1. The van der Waals surface area contributed by atoms with E-state index in [9.17, 15) is 9.59 Å². The van der Waals surface area contributed by atoms with Crippen molar-refractivity contribution in [2.75, 3.05) is 19.0 Å². The van der Waals surface area contributed by atoms with E-state index in [2.05, 4.69) is 10.3 Å². The van der Waals surface area contributed by atoms with Crippen LogP contribution in [-0.2, 0) is 9.53 Å². The van der Waals surface area contributed by atoms with Gasteiger partial charge in [-0.25, -0.2) is 9.78 Å². The van der Waals surface area contributed by atoms with Crippen LogP contribution in [0.2, 0.25) is 5.02 Å². The van der Waals surface area contributed by atoms with Crippen molar-refractivity contribution in [3.8, 4) is 5.75 Å². The first kappa shape index (κ1) is 18.2. The second-order valence-corrected chi connectivity index (χ2v) is 6.68. The van der Waals surface area contributed by atoms with E-state index < -0.39 is 18.5 Å². The van der Waals surface area contributed by atoms with Gasteiger partial charge in [0.25, 0.3) is 5.91 Å². The third kappa shape index (κ3) is 4.24. The Morgan fingerprint density at radius 2 is 2.00 bits per heavy atom. The predicted molar refractivity (Wildman–Crippen MR) is 93.2 cm³/mol. The van der Waals surface area contributed by atoms with Gasteiger partial charge >= 0.3 is 5.97 Å². The van der Waals surface area contributed by atoms with Gasteiger partial charge in [-0.3, -0.25) is 4.79 Å². The molecule has 8 heteroatoms. The first-order valence-corrected chi connectivity index (χ1v) is 8.26. The van der Waals surface area contributed by atoms with Crippen molar-refractivity contribution in [2.24, 2.45) is 0 Å². The van der Waals surface area contributed by atoms with Crippen molar-refractivity contribution in [3.05, 3.63) is 38.3 Å². The number of thiazole rings is 1. The molecule has 0 aliphatic rings. The molecule has 2 aromatic rings. The smallest absolute Gasteiger partial charge is 0.350 e. The summed E-state index contributed by atoms with van der Waals surface area (Å²) in [6, 6.07) is 3.31. The predicted octanol–water partition coefficient (Wildman–Crippen LogP) is 3.53. The lowest BCUT2D eigenvalue weighted by Crippen LogP contribution is -2.21. The van der Waals surface area contributed by atoms with Crippen molar-refractivity contribution in [1.82, 2.24) is 4.98 Å². The van der Waals surface area contributed by atoms with Crippen LogP contribution in [0.3, 0.4) is 0 Å². The van der Waals surface area contributed by atoms with Gasteiger partial charge in [0.05, 0.1) is 23.5 Å². The molecule has 0 saturated heterocycles. The number of carbonyl (C=O) groups excluding carboxylic acids is 2. The maximum atomic E-state index is 12.0. The van der Waals surface area contributed by atoms with Crippen LogP contribution in [0.1, 0.15) is 25.9 Å². The summed E-state index contributed by atoms with van der Waals surface area (Å²) in [5.41, 5.74) is 1.85. The van der Waals surface area contributed by atoms with Crippen LogP contribution in [0, 0.1) is 20.8 Å². The number of nitrogens with one attached hydrogen (secondary N) is 1. The monoisotopic (exact) mass is 368 g/mol. The molecule has 0 spiro atoms. The lowest BCUT2D eigenvalue weighted by Gasteiger charge is -2.12. The Kier molecular flexibility index (Phi) is 5.80. The quantitative estimate of drug-likeness (QED) is 0.817. The van der Waals surface area contributed by atoms with Gasteiger partial charge in [-0.05, 0) is 32.4 Å². The summed E-state index contributed by atoms with van der Waals surface area (Å²) in [6.07, 6.45) is 0. The third-order valence-electron chi connectivity index (χ3n) is 3.18. The Morgan fingerprint density at radius 1 is 1.29 bits per heavy atom. The van der Waals surface area contributed by atoms with Gasteiger partial charge in [0.15, 0.2) is 6.61 Å². The van der Waals surface area contributed by atoms with E-state index in [4.69, 9.17) is 21.1 Å². The molecule has 2 rings (SSSR count). The van der Waals surface area contributed by atoms with Crippen LogP contribution in [0.25, 0.3) is 0 Å². The first-order chi connectivity index (χ1) is 11.3. The zero-order valence-electron chi connectivity index (χ0n) is 13.7. The topological polar surface area (TPSA) is 77.5 Å². The fourth-order valence-electron chi connectivity index (χ4n) is 2.03. The van der Waals surface area contributed by atoms with Crippen LogP contribution in [0.15, 0.2) is 12.1 Å². The van der Waals surface area contributed by atoms with E-state index in [0.717, 1.165) is 10.6 Å². The molecule has 1 heterocycles. The van der Waals surface area contributed by atoms with E-state index >= 15 is 0 Å². The number of amides is 1. The fourth-order valence-corrected chi connectivity index (χ4v) is 3.00. The highest BCUT2D eigenvalue weighted by Gasteiger charge is 2.17. The van der Waals surface area contributed by atoms with Gasteiger partial charge in [-0.2, -0.15) is 0 Å². The van der Waals surface area contributed by atoms with Crippen molar-refractivity contribution in [1.29, 1.82) is 0 Å². The number of aromatic nitrogens is 1. The number of ether oxygens (including phenoxy) is 2. The molecule has 0 atom stereocenters. The number of hydrogen-bond donors (Lipinski definition) is 1.